The molecule has 0 aliphatic carbocycles. The molecule has 0 fully saturated rings. The van der Waals surface area contributed by atoms with Gasteiger partial charge in [-0.2, -0.15) is 5.10 Å². The molecule has 1 heterocycles. The minimum absolute atomic E-state index is 0.153. The van der Waals surface area contributed by atoms with E-state index in [1.807, 2.05) is 30.3 Å². The van der Waals surface area contributed by atoms with Gasteiger partial charge in [-0.1, -0.05) is 24.3 Å². The molecule has 3 heteroatoms. The highest BCUT2D eigenvalue weighted by Gasteiger charge is 2.03. The number of halogens is 1. The van der Waals surface area contributed by atoms with Crippen LogP contribution in [-0.4, -0.2) is 10.2 Å². The second-order valence-corrected chi connectivity index (χ2v) is 4.06. The summed E-state index contributed by atoms with van der Waals surface area (Å²) in [5, 5.41) is 7.92. The summed E-state index contributed by atoms with van der Waals surface area (Å²) in [7, 11) is 0. The Bertz CT molecular complexity index is 658. The highest BCUT2D eigenvalue weighted by atomic mass is 19.1. The van der Waals surface area contributed by atoms with Gasteiger partial charge in [-0.25, -0.2) is 4.39 Å². The van der Waals surface area contributed by atoms with E-state index in [0.717, 1.165) is 22.0 Å². The van der Waals surface area contributed by atoms with E-state index in [1.54, 1.807) is 12.3 Å². The van der Waals surface area contributed by atoms with Crippen molar-refractivity contribution in [3.63, 3.8) is 0 Å². The van der Waals surface area contributed by atoms with Crippen LogP contribution in [0, 0.1) is 5.82 Å². The number of hydrogen-bond donors (Lipinski definition) is 1. The number of rotatable bonds is 2. The van der Waals surface area contributed by atoms with Gasteiger partial charge < -0.3 is 0 Å². The molecule has 2 aromatic carbocycles. The fourth-order valence-electron chi connectivity index (χ4n) is 1.96. The molecular weight excluding hydrogens is 215 g/mol. The molecule has 0 amide bonds. The Morgan fingerprint density at radius 2 is 2.00 bits per heavy atom. The first kappa shape index (κ1) is 10.0. The van der Waals surface area contributed by atoms with Crippen LogP contribution in [0.15, 0.2) is 48.7 Å². The van der Waals surface area contributed by atoms with Gasteiger partial charge in [0.15, 0.2) is 0 Å². The van der Waals surface area contributed by atoms with Gasteiger partial charge >= 0.3 is 0 Å². The molecule has 3 aromatic rings. The molecule has 0 saturated heterocycles. The van der Waals surface area contributed by atoms with Crippen molar-refractivity contribution in [1.29, 1.82) is 0 Å². The van der Waals surface area contributed by atoms with Crippen molar-refractivity contribution in [2.45, 2.75) is 6.42 Å². The third-order valence-corrected chi connectivity index (χ3v) is 2.86. The van der Waals surface area contributed by atoms with Crippen LogP contribution in [-0.2, 0) is 6.42 Å². The molecule has 0 bridgehead atoms. The van der Waals surface area contributed by atoms with Gasteiger partial charge in [0.1, 0.15) is 5.82 Å². The number of aromatic nitrogens is 2. The minimum Gasteiger partial charge on any atom is -0.278 e. The fourth-order valence-corrected chi connectivity index (χ4v) is 1.96. The molecule has 0 saturated carbocycles. The molecule has 1 aromatic heterocycles. The molecular formula is C14H11FN2. The maximum atomic E-state index is 13.5. The fraction of sp³-hybridized carbons (Fsp3) is 0.0714. The van der Waals surface area contributed by atoms with Crippen molar-refractivity contribution in [2.24, 2.45) is 0 Å². The first-order valence-electron chi connectivity index (χ1n) is 5.48. The van der Waals surface area contributed by atoms with Crippen LogP contribution in [0.2, 0.25) is 0 Å². The molecule has 1 N–H and O–H groups in total. The molecule has 0 unspecified atom stereocenters. The number of fused-ring (bicyclic) bond motifs is 1. The van der Waals surface area contributed by atoms with Crippen LogP contribution in [0.3, 0.4) is 0 Å². The smallest absolute Gasteiger partial charge is 0.126 e. The normalized spacial score (nSPS) is 10.9. The van der Waals surface area contributed by atoms with Crippen LogP contribution in [0.4, 0.5) is 4.39 Å². The molecule has 0 aliphatic rings. The Morgan fingerprint density at radius 3 is 2.88 bits per heavy atom. The van der Waals surface area contributed by atoms with E-state index in [2.05, 4.69) is 10.2 Å². The van der Waals surface area contributed by atoms with Gasteiger partial charge in [0.05, 0.1) is 11.7 Å². The van der Waals surface area contributed by atoms with Gasteiger partial charge in [-0.3, -0.25) is 5.10 Å². The van der Waals surface area contributed by atoms with Crippen LogP contribution in [0.5, 0.6) is 0 Å². The molecule has 0 spiro atoms. The van der Waals surface area contributed by atoms with Gasteiger partial charge in [0, 0.05) is 11.8 Å². The quantitative estimate of drug-likeness (QED) is 0.713. The van der Waals surface area contributed by atoms with Crippen LogP contribution >= 0.6 is 0 Å². The van der Waals surface area contributed by atoms with Crippen LogP contribution in [0.25, 0.3) is 10.9 Å². The maximum absolute atomic E-state index is 13.5. The van der Waals surface area contributed by atoms with Gasteiger partial charge in [-0.05, 0) is 29.3 Å². The molecule has 0 radical (unpaired) electrons. The Hall–Kier alpha value is -2.16. The molecule has 84 valence electrons. The standard InChI is InChI=1S/C14H11FN2/c15-13-4-2-1-3-11(13)7-10-5-6-14-12(8-10)9-16-17-14/h1-6,8-9H,7H2,(H,16,17). The zero-order chi connectivity index (χ0) is 11.7. The Morgan fingerprint density at radius 1 is 1.12 bits per heavy atom. The van der Waals surface area contributed by atoms with E-state index < -0.39 is 0 Å². The number of H-pyrrole nitrogens is 1. The molecule has 0 atom stereocenters. The average Bonchev–Trinajstić information content (AvgIpc) is 2.79. The van der Waals surface area contributed by atoms with Gasteiger partial charge in [0.25, 0.3) is 0 Å². The van der Waals surface area contributed by atoms with E-state index in [9.17, 15) is 4.39 Å². The number of nitrogens with zero attached hydrogens (tertiary/aromatic N) is 1. The number of benzene rings is 2. The maximum Gasteiger partial charge on any atom is 0.126 e. The van der Waals surface area contributed by atoms with E-state index in [4.69, 9.17) is 0 Å². The predicted octanol–water partition coefficient (Wildman–Crippen LogP) is 3.29. The highest BCUT2D eigenvalue weighted by Crippen LogP contribution is 2.17. The first-order chi connectivity index (χ1) is 8.33. The monoisotopic (exact) mass is 226 g/mol. The summed E-state index contributed by atoms with van der Waals surface area (Å²) >= 11 is 0. The average molecular weight is 226 g/mol. The van der Waals surface area contributed by atoms with Crippen molar-refractivity contribution >= 4 is 10.9 Å². The highest BCUT2D eigenvalue weighted by molar-refractivity contribution is 5.78. The topological polar surface area (TPSA) is 28.7 Å². The third kappa shape index (κ3) is 1.91. The Kier molecular flexibility index (Phi) is 2.37. The second-order valence-electron chi connectivity index (χ2n) is 4.06. The summed E-state index contributed by atoms with van der Waals surface area (Å²) in [6.45, 7) is 0. The predicted molar refractivity (Wildman–Crippen MR) is 65.3 cm³/mol. The minimum atomic E-state index is -0.153. The third-order valence-electron chi connectivity index (χ3n) is 2.86. The Balaban J connectivity index is 1.97. The first-order valence-corrected chi connectivity index (χ1v) is 5.48. The van der Waals surface area contributed by atoms with Gasteiger partial charge in [-0.15, -0.1) is 0 Å². The van der Waals surface area contributed by atoms with Crippen molar-refractivity contribution in [1.82, 2.24) is 10.2 Å². The summed E-state index contributed by atoms with van der Waals surface area (Å²) in [6.07, 6.45) is 2.38. The van der Waals surface area contributed by atoms with Crippen LogP contribution in [0.1, 0.15) is 11.1 Å². The lowest BCUT2D eigenvalue weighted by molar-refractivity contribution is 0.614. The number of hydrogen-bond acceptors (Lipinski definition) is 1. The zero-order valence-corrected chi connectivity index (χ0v) is 9.15. The van der Waals surface area contributed by atoms with Crippen molar-refractivity contribution < 1.29 is 4.39 Å². The van der Waals surface area contributed by atoms with E-state index in [-0.39, 0.29) is 5.82 Å². The number of nitrogens with one attached hydrogen (secondary N) is 1. The zero-order valence-electron chi connectivity index (χ0n) is 9.15. The van der Waals surface area contributed by atoms with Crippen molar-refractivity contribution in [3.05, 3.63) is 65.6 Å². The summed E-state index contributed by atoms with van der Waals surface area (Å²) in [5.74, 6) is -0.153. The second kappa shape index (κ2) is 4.01. The largest absolute Gasteiger partial charge is 0.278 e. The summed E-state index contributed by atoms with van der Waals surface area (Å²) < 4.78 is 13.5. The number of aromatic amines is 1. The van der Waals surface area contributed by atoms with E-state index >= 15 is 0 Å². The summed E-state index contributed by atoms with van der Waals surface area (Å²) in [4.78, 5) is 0. The van der Waals surface area contributed by atoms with Crippen molar-refractivity contribution in [3.8, 4) is 0 Å². The lowest BCUT2D eigenvalue weighted by Crippen LogP contribution is -1.91. The van der Waals surface area contributed by atoms with E-state index in [1.165, 1.54) is 6.07 Å². The molecule has 0 aliphatic heterocycles. The molecule has 17 heavy (non-hydrogen) atoms. The molecule has 2 nitrogen and oxygen atoms in total. The van der Waals surface area contributed by atoms with Crippen molar-refractivity contribution in [2.75, 3.05) is 0 Å². The summed E-state index contributed by atoms with van der Waals surface area (Å²) in [6, 6.07) is 12.9. The SMILES string of the molecule is Fc1ccccc1Cc1ccc2[nH]ncc2c1. The lowest BCUT2D eigenvalue weighted by atomic mass is 10.0. The summed E-state index contributed by atoms with van der Waals surface area (Å²) in [5.41, 5.74) is 2.81. The molecule has 3 rings (SSSR count). The Labute approximate surface area is 98.1 Å². The lowest BCUT2D eigenvalue weighted by Gasteiger charge is -2.03. The van der Waals surface area contributed by atoms with E-state index in [0.29, 0.717) is 6.42 Å². The van der Waals surface area contributed by atoms with Crippen LogP contribution < -0.4 is 0 Å². The van der Waals surface area contributed by atoms with Gasteiger partial charge in [0.2, 0.25) is 0 Å².